The van der Waals surface area contributed by atoms with Crippen LogP contribution in [0.3, 0.4) is 0 Å². The predicted octanol–water partition coefficient (Wildman–Crippen LogP) is 9.17. The van der Waals surface area contributed by atoms with E-state index < -0.39 is 0 Å². The second-order valence-corrected chi connectivity index (χ2v) is 10.8. The number of rotatable bonds is 12. The summed E-state index contributed by atoms with van der Waals surface area (Å²) in [5, 5.41) is 11.0. The van der Waals surface area contributed by atoms with Gasteiger partial charge in [-0.05, 0) is 60.5 Å². The van der Waals surface area contributed by atoms with Crippen molar-refractivity contribution in [2.45, 2.75) is 124 Å². The lowest BCUT2D eigenvalue weighted by Gasteiger charge is -2.29. The highest BCUT2D eigenvalue weighted by Crippen LogP contribution is 2.41. The molecule has 0 atom stereocenters. The maximum atomic E-state index is 11.0. The summed E-state index contributed by atoms with van der Waals surface area (Å²) in [4.78, 5) is 0. The summed E-state index contributed by atoms with van der Waals surface area (Å²) >= 11 is 0. The minimum atomic E-state index is -0.0429. The molecule has 0 heterocycles. The smallest absolute Gasteiger partial charge is 0.123 e. The van der Waals surface area contributed by atoms with Crippen LogP contribution >= 0.6 is 0 Å². The molecule has 0 amide bonds. The van der Waals surface area contributed by atoms with Crippen LogP contribution in [0.25, 0.3) is 0 Å². The number of phenolic OH excluding ortho intramolecular Hbond substituents is 1. The molecule has 1 rings (SSSR count). The molecule has 0 spiro atoms. The van der Waals surface area contributed by atoms with Crippen molar-refractivity contribution in [3.05, 3.63) is 53.1 Å². The van der Waals surface area contributed by atoms with Gasteiger partial charge in [-0.2, -0.15) is 0 Å². The Morgan fingerprint density at radius 2 is 1.33 bits per heavy atom. The van der Waals surface area contributed by atoms with Crippen LogP contribution in [0.1, 0.15) is 123 Å². The normalized spacial score (nSPS) is 13.0. The average Bonchev–Trinajstić information content (AvgIpc) is 2.63. The zero-order valence-electron chi connectivity index (χ0n) is 21.0. The Balaban J connectivity index is 2.43. The molecule has 0 unspecified atom stereocenters. The number of benzene rings is 1. The number of hydrogen-bond donors (Lipinski definition) is 1. The molecule has 0 radical (unpaired) electrons. The van der Waals surface area contributed by atoms with Crippen LogP contribution in [0, 0.1) is 0 Å². The van der Waals surface area contributed by atoms with E-state index in [9.17, 15) is 5.11 Å². The maximum absolute atomic E-state index is 11.0. The van der Waals surface area contributed by atoms with Crippen molar-refractivity contribution < 1.29 is 5.11 Å². The summed E-state index contributed by atoms with van der Waals surface area (Å²) < 4.78 is 0. The quantitative estimate of drug-likeness (QED) is 0.268. The number of phenols is 1. The molecule has 0 aromatic heterocycles. The van der Waals surface area contributed by atoms with E-state index >= 15 is 0 Å². The Hall–Kier alpha value is -1.50. The highest BCUT2D eigenvalue weighted by molar-refractivity contribution is 5.51. The Morgan fingerprint density at radius 3 is 1.93 bits per heavy atom. The van der Waals surface area contributed by atoms with Gasteiger partial charge in [-0.25, -0.2) is 0 Å². The lowest BCUT2D eigenvalue weighted by molar-refractivity contribution is 0.420. The second kappa shape index (κ2) is 13.0. The Morgan fingerprint density at radius 1 is 0.733 bits per heavy atom. The van der Waals surface area contributed by atoms with Gasteiger partial charge in [0, 0.05) is 5.56 Å². The third-order valence-electron chi connectivity index (χ3n) is 5.70. The second-order valence-electron chi connectivity index (χ2n) is 10.8. The topological polar surface area (TPSA) is 20.2 Å². The highest BCUT2D eigenvalue weighted by atomic mass is 16.3. The van der Waals surface area contributed by atoms with Gasteiger partial charge in [-0.3, -0.25) is 0 Å². The maximum Gasteiger partial charge on any atom is 0.123 e. The molecule has 1 N–H and O–H groups in total. The number of hydrogen-bond acceptors (Lipinski definition) is 1. The third-order valence-corrected chi connectivity index (χ3v) is 5.70. The summed E-state index contributed by atoms with van der Waals surface area (Å²) in [7, 11) is 0. The van der Waals surface area contributed by atoms with E-state index in [2.05, 4.69) is 84.9 Å². The van der Waals surface area contributed by atoms with Gasteiger partial charge in [-0.15, -0.1) is 0 Å². The van der Waals surface area contributed by atoms with E-state index in [1.807, 2.05) is 0 Å². The molecule has 0 aliphatic carbocycles. The van der Waals surface area contributed by atoms with Crippen molar-refractivity contribution >= 4 is 0 Å². The molecule has 0 aliphatic heterocycles. The number of allylic oxidation sites excluding steroid dienone is 4. The summed E-state index contributed by atoms with van der Waals surface area (Å²) in [6.07, 6.45) is 21.4. The molecule has 1 nitrogen and oxygen atoms in total. The molecule has 0 bridgehead atoms. The first-order valence-corrected chi connectivity index (χ1v) is 12.2. The van der Waals surface area contributed by atoms with Gasteiger partial charge in [0.2, 0.25) is 0 Å². The SMILES string of the molecule is CCCC=CCC=CCCCCCCCc1ccc(C(C)(C)C)c(O)c1C(C)(C)C. The van der Waals surface area contributed by atoms with Gasteiger partial charge in [0.05, 0.1) is 0 Å². The van der Waals surface area contributed by atoms with Crippen LogP contribution in [0.4, 0.5) is 0 Å². The van der Waals surface area contributed by atoms with Crippen LogP contribution < -0.4 is 0 Å². The molecule has 0 fully saturated rings. The van der Waals surface area contributed by atoms with Crippen molar-refractivity contribution in [3.8, 4) is 5.75 Å². The zero-order chi connectivity index (χ0) is 22.6. The van der Waals surface area contributed by atoms with E-state index in [1.54, 1.807) is 0 Å². The molecule has 0 aliphatic rings. The van der Waals surface area contributed by atoms with E-state index in [0.717, 1.165) is 24.0 Å². The summed E-state index contributed by atoms with van der Waals surface area (Å²) in [5.41, 5.74) is 3.45. The van der Waals surface area contributed by atoms with Gasteiger partial charge in [0.15, 0.2) is 0 Å². The molecule has 30 heavy (non-hydrogen) atoms. The molecule has 0 saturated heterocycles. The fourth-order valence-corrected chi connectivity index (χ4v) is 4.06. The number of unbranched alkanes of at least 4 members (excludes halogenated alkanes) is 6. The van der Waals surface area contributed by atoms with Gasteiger partial charge < -0.3 is 5.11 Å². The zero-order valence-corrected chi connectivity index (χ0v) is 21.0. The van der Waals surface area contributed by atoms with Crippen LogP contribution in [-0.4, -0.2) is 5.11 Å². The lowest BCUT2D eigenvalue weighted by Crippen LogP contribution is -2.19. The van der Waals surface area contributed by atoms with Crippen LogP contribution in [-0.2, 0) is 17.3 Å². The third kappa shape index (κ3) is 9.54. The van der Waals surface area contributed by atoms with Crippen molar-refractivity contribution in [1.82, 2.24) is 0 Å². The monoisotopic (exact) mass is 412 g/mol. The van der Waals surface area contributed by atoms with Crippen molar-refractivity contribution in [2.75, 3.05) is 0 Å². The van der Waals surface area contributed by atoms with Gasteiger partial charge >= 0.3 is 0 Å². The van der Waals surface area contributed by atoms with E-state index in [4.69, 9.17) is 0 Å². The minimum Gasteiger partial charge on any atom is -0.507 e. The largest absolute Gasteiger partial charge is 0.507 e. The average molecular weight is 413 g/mol. The van der Waals surface area contributed by atoms with Crippen molar-refractivity contribution in [2.24, 2.45) is 0 Å². The molecule has 1 aromatic carbocycles. The highest BCUT2D eigenvalue weighted by Gasteiger charge is 2.27. The fraction of sp³-hybridized carbons (Fsp3) is 0.655. The lowest BCUT2D eigenvalue weighted by atomic mass is 9.76. The molecule has 1 aromatic rings. The standard InChI is InChI=1S/C29H48O/c1-8-9-10-11-12-13-14-15-16-17-18-19-20-21-24-22-23-25(28(2,3)4)27(30)26(24)29(5,6)7/h10-11,13-14,22-23,30H,8-9,12,15-21H2,1-7H3. The number of aromatic hydroxyl groups is 1. The Labute approximate surface area is 187 Å². The predicted molar refractivity (Wildman–Crippen MR) is 135 cm³/mol. The summed E-state index contributed by atoms with van der Waals surface area (Å²) in [6.45, 7) is 15.4. The van der Waals surface area contributed by atoms with Crippen LogP contribution in [0.5, 0.6) is 5.75 Å². The van der Waals surface area contributed by atoms with Crippen LogP contribution in [0.2, 0.25) is 0 Å². The Kier molecular flexibility index (Phi) is 11.5. The van der Waals surface area contributed by atoms with Gasteiger partial charge in [-0.1, -0.05) is 111 Å². The van der Waals surface area contributed by atoms with E-state index in [1.165, 1.54) is 56.9 Å². The fourth-order valence-electron chi connectivity index (χ4n) is 4.06. The summed E-state index contributed by atoms with van der Waals surface area (Å²) in [6, 6.07) is 4.41. The number of aryl methyl sites for hydroxylation is 1. The first-order chi connectivity index (χ1) is 14.1. The van der Waals surface area contributed by atoms with Crippen molar-refractivity contribution in [1.29, 1.82) is 0 Å². The molecule has 170 valence electrons. The molecule has 1 heteroatoms. The first-order valence-electron chi connectivity index (χ1n) is 12.2. The Bertz CT molecular complexity index is 665. The van der Waals surface area contributed by atoms with Gasteiger partial charge in [0.25, 0.3) is 0 Å². The molecule has 0 saturated carbocycles. The molecular weight excluding hydrogens is 364 g/mol. The minimum absolute atomic E-state index is 0.0388. The molecular formula is C29H48O. The summed E-state index contributed by atoms with van der Waals surface area (Å²) in [5.74, 6) is 0.517. The van der Waals surface area contributed by atoms with E-state index in [0.29, 0.717) is 5.75 Å². The van der Waals surface area contributed by atoms with Crippen molar-refractivity contribution in [3.63, 3.8) is 0 Å². The van der Waals surface area contributed by atoms with Gasteiger partial charge in [0.1, 0.15) is 5.75 Å². The first kappa shape index (κ1) is 26.5. The van der Waals surface area contributed by atoms with E-state index in [-0.39, 0.29) is 10.8 Å². The van der Waals surface area contributed by atoms with Crippen LogP contribution in [0.15, 0.2) is 36.4 Å².